The van der Waals surface area contributed by atoms with Gasteiger partial charge < -0.3 is 10.1 Å². The first-order valence-corrected chi connectivity index (χ1v) is 8.48. The maximum absolute atomic E-state index is 12.6. The van der Waals surface area contributed by atoms with E-state index >= 15 is 0 Å². The standard InChI is InChI=1S/C19H14F2N4O5/c1-11-10-15(26)17(23-24(11)13-7-3-4-8-14(13)25(28)29)18(27)22-12-6-2-5-9-16(12)30-19(20)21/h2-10,19H,1H3,(H,22,27). The summed E-state index contributed by atoms with van der Waals surface area (Å²) in [6.45, 7) is -1.62. The van der Waals surface area contributed by atoms with E-state index in [1.807, 2.05) is 0 Å². The van der Waals surface area contributed by atoms with Crippen molar-refractivity contribution in [3.63, 3.8) is 0 Å². The van der Waals surface area contributed by atoms with Crippen LogP contribution in [-0.4, -0.2) is 27.2 Å². The largest absolute Gasteiger partial charge is 0.433 e. The SMILES string of the molecule is Cc1cc(=O)c(C(=O)Nc2ccccc2OC(F)F)nn1-c1ccccc1[N+](=O)[O-]. The van der Waals surface area contributed by atoms with Crippen LogP contribution in [0.5, 0.6) is 5.75 Å². The van der Waals surface area contributed by atoms with Crippen molar-refractivity contribution < 1.29 is 23.2 Å². The van der Waals surface area contributed by atoms with E-state index in [0.29, 0.717) is 0 Å². The minimum Gasteiger partial charge on any atom is -0.433 e. The van der Waals surface area contributed by atoms with Crippen LogP contribution in [0.25, 0.3) is 5.69 Å². The minimum atomic E-state index is -3.11. The van der Waals surface area contributed by atoms with Gasteiger partial charge in [0.2, 0.25) is 5.43 Å². The molecule has 2 aromatic carbocycles. The number of ether oxygens (including phenoxy) is 1. The van der Waals surface area contributed by atoms with E-state index in [2.05, 4.69) is 15.2 Å². The molecule has 154 valence electrons. The molecule has 9 nitrogen and oxygen atoms in total. The number of benzene rings is 2. The van der Waals surface area contributed by atoms with E-state index in [0.717, 1.165) is 10.7 Å². The molecule has 1 amide bonds. The number of para-hydroxylation sites is 4. The molecule has 0 aliphatic rings. The number of halogens is 2. The van der Waals surface area contributed by atoms with Gasteiger partial charge in [0.1, 0.15) is 11.4 Å². The molecule has 0 unspecified atom stereocenters. The Morgan fingerprint density at radius 1 is 1.20 bits per heavy atom. The number of alkyl halides is 2. The highest BCUT2D eigenvalue weighted by Gasteiger charge is 2.21. The third kappa shape index (κ3) is 4.29. The van der Waals surface area contributed by atoms with Crippen molar-refractivity contribution in [1.82, 2.24) is 9.78 Å². The van der Waals surface area contributed by atoms with E-state index < -0.39 is 28.6 Å². The maximum atomic E-state index is 12.6. The molecule has 3 rings (SSSR count). The summed E-state index contributed by atoms with van der Waals surface area (Å²) in [4.78, 5) is 35.6. The van der Waals surface area contributed by atoms with Gasteiger partial charge in [0.15, 0.2) is 5.69 Å². The molecule has 0 fully saturated rings. The van der Waals surface area contributed by atoms with Gasteiger partial charge in [-0.1, -0.05) is 24.3 Å². The average molecular weight is 416 g/mol. The highest BCUT2D eigenvalue weighted by atomic mass is 19.3. The Labute approximate surface area is 167 Å². The van der Waals surface area contributed by atoms with Crippen molar-refractivity contribution >= 4 is 17.3 Å². The van der Waals surface area contributed by atoms with Gasteiger partial charge in [-0.25, -0.2) is 4.68 Å². The number of carbonyl (C=O) groups is 1. The molecule has 0 bridgehead atoms. The molecule has 1 aromatic heterocycles. The number of aryl methyl sites for hydroxylation is 1. The Morgan fingerprint density at radius 3 is 2.57 bits per heavy atom. The van der Waals surface area contributed by atoms with E-state index in [1.54, 1.807) is 6.07 Å². The van der Waals surface area contributed by atoms with Crippen molar-refractivity contribution in [2.75, 3.05) is 5.32 Å². The van der Waals surface area contributed by atoms with Crippen LogP contribution in [0.15, 0.2) is 59.4 Å². The molecule has 0 radical (unpaired) electrons. The molecular formula is C19H14F2N4O5. The molecule has 0 saturated carbocycles. The van der Waals surface area contributed by atoms with Crippen molar-refractivity contribution in [1.29, 1.82) is 0 Å². The molecule has 0 aliphatic heterocycles. The lowest BCUT2D eigenvalue weighted by molar-refractivity contribution is -0.384. The van der Waals surface area contributed by atoms with Gasteiger partial charge in [-0.05, 0) is 25.1 Å². The Kier molecular flexibility index (Phi) is 5.81. The Morgan fingerprint density at radius 2 is 1.87 bits per heavy atom. The van der Waals surface area contributed by atoms with Crippen LogP contribution in [0.2, 0.25) is 0 Å². The Hall–Kier alpha value is -4.15. The molecule has 0 aliphatic carbocycles. The number of hydrogen-bond acceptors (Lipinski definition) is 6. The fraction of sp³-hybridized carbons (Fsp3) is 0.105. The van der Waals surface area contributed by atoms with Crippen LogP contribution in [0, 0.1) is 17.0 Å². The van der Waals surface area contributed by atoms with Gasteiger partial charge in [0.25, 0.3) is 11.6 Å². The highest BCUT2D eigenvalue weighted by molar-refractivity contribution is 6.03. The van der Waals surface area contributed by atoms with Gasteiger partial charge in [-0.2, -0.15) is 13.9 Å². The number of nitrogens with zero attached hydrogens (tertiary/aromatic N) is 3. The normalized spacial score (nSPS) is 10.7. The van der Waals surface area contributed by atoms with Crippen molar-refractivity contribution in [2.24, 2.45) is 0 Å². The average Bonchev–Trinajstić information content (AvgIpc) is 2.69. The van der Waals surface area contributed by atoms with E-state index in [-0.39, 0.29) is 28.5 Å². The van der Waals surface area contributed by atoms with Gasteiger partial charge in [0.05, 0.1) is 10.6 Å². The van der Waals surface area contributed by atoms with Crippen LogP contribution >= 0.6 is 0 Å². The van der Waals surface area contributed by atoms with Gasteiger partial charge in [0, 0.05) is 17.8 Å². The van der Waals surface area contributed by atoms with Crippen molar-refractivity contribution in [3.8, 4) is 11.4 Å². The third-order valence-electron chi connectivity index (χ3n) is 3.98. The van der Waals surface area contributed by atoms with Gasteiger partial charge in [-0.3, -0.25) is 19.7 Å². The second-order valence-corrected chi connectivity index (χ2v) is 5.98. The number of anilines is 1. The number of nitro benzene ring substituents is 1. The number of aromatic nitrogens is 2. The fourth-order valence-corrected chi connectivity index (χ4v) is 2.70. The number of hydrogen-bond donors (Lipinski definition) is 1. The maximum Gasteiger partial charge on any atom is 0.387 e. The number of nitrogens with one attached hydrogen (secondary N) is 1. The van der Waals surface area contributed by atoms with Crippen LogP contribution in [-0.2, 0) is 0 Å². The highest BCUT2D eigenvalue weighted by Crippen LogP contribution is 2.26. The fourth-order valence-electron chi connectivity index (χ4n) is 2.70. The second-order valence-electron chi connectivity index (χ2n) is 5.98. The second kappa shape index (κ2) is 8.47. The zero-order valence-electron chi connectivity index (χ0n) is 15.4. The van der Waals surface area contributed by atoms with Crippen molar-refractivity contribution in [3.05, 3.63) is 86.3 Å². The lowest BCUT2D eigenvalue weighted by Crippen LogP contribution is -2.27. The molecule has 3 aromatic rings. The molecule has 0 spiro atoms. The summed E-state index contributed by atoms with van der Waals surface area (Å²) < 4.78 is 30.5. The first-order chi connectivity index (χ1) is 14.3. The molecule has 0 atom stereocenters. The summed E-state index contributed by atoms with van der Waals surface area (Å²) in [5.41, 5.74) is -1.39. The number of nitro groups is 1. The first-order valence-electron chi connectivity index (χ1n) is 8.48. The van der Waals surface area contributed by atoms with Crippen LogP contribution in [0.1, 0.15) is 16.2 Å². The monoisotopic (exact) mass is 416 g/mol. The van der Waals surface area contributed by atoms with E-state index in [4.69, 9.17) is 0 Å². The molecule has 1 N–H and O–H groups in total. The topological polar surface area (TPSA) is 116 Å². The van der Waals surface area contributed by atoms with Crippen LogP contribution in [0.3, 0.4) is 0 Å². The summed E-state index contributed by atoms with van der Waals surface area (Å²) in [7, 11) is 0. The predicted molar refractivity (Wildman–Crippen MR) is 102 cm³/mol. The summed E-state index contributed by atoms with van der Waals surface area (Å²) in [6, 6.07) is 12.2. The minimum absolute atomic E-state index is 0.0514. The first kappa shape index (κ1) is 20.6. The van der Waals surface area contributed by atoms with Crippen LogP contribution in [0.4, 0.5) is 20.2 Å². The molecule has 0 saturated heterocycles. The number of carbonyl (C=O) groups excluding carboxylic acids is 1. The molecule has 11 heteroatoms. The van der Waals surface area contributed by atoms with Gasteiger partial charge in [-0.15, -0.1) is 0 Å². The summed E-state index contributed by atoms with van der Waals surface area (Å²) in [5, 5.41) is 17.6. The summed E-state index contributed by atoms with van der Waals surface area (Å²) in [6.07, 6.45) is 0. The van der Waals surface area contributed by atoms with E-state index in [9.17, 15) is 28.5 Å². The molecule has 30 heavy (non-hydrogen) atoms. The zero-order chi connectivity index (χ0) is 21.8. The third-order valence-corrected chi connectivity index (χ3v) is 3.98. The Balaban J connectivity index is 2.03. The summed E-state index contributed by atoms with van der Waals surface area (Å²) >= 11 is 0. The quantitative estimate of drug-likeness (QED) is 0.487. The molecule has 1 heterocycles. The van der Waals surface area contributed by atoms with Crippen molar-refractivity contribution in [2.45, 2.75) is 13.5 Å². The zero-order valence-corrected chi connectivity index (χ0v) is 15.4. The lowest BCUT2D eigenvalue weighted by Gasteiger charge is -2.13. The molecular weight excluding hydrogens is 402 g/mol. The van der Waals surface area contributed by atoms with Gasteiger partial charge >= 0.3 is 6.61 Å². The lowest BCUT2D eigenvalue weighted by atomic mass is 10.2. The number of rotatable bonds is 6. The Bertz CT molecular complexity index is 1180. The van der Waals surface area contributed by atoms with Crippen LogP contribution < -0.4 is 15.5 Å². The smallest absolute Gasteiger partial charge is 0.387 e. The summed E-state index contributed by atoms with van der Waals surface area (Å²) in [5.74, 6) is -1.29. The van der Waals surface area contributed by atoms with E-state index in [1.165, 1.54) is 49.4 Å². The predicted octanol–water partition coefficient (Wildman–Crippen LogP) is 3.30. The number of amides is 1.